The SMILES string of the molecule is N#CCC1(n2cc(-c3ncnc4[nH]ccc34)cn2)CN(C(=O)CC2CCOCC2)C1. The quantitative estimate of drug-likeness (QED) is 0.695. The molecule has 154 valence electrons. The van der Waals surface area contributed by atoms with Crippen molar-refractivity contribution in [3.05, 3.63) is 31.0 Å². The van der Waals surface area contributed by atoms with Crippen LogP contribution >= 0.6 is 0 Å². The second-order valence-electron chi connectivity index (χ2n) is 8.20. The van der Waals surface area contributed by atoms with Crippen LogP contribution in [0.1, 0.15) is 25.7 Å². The van der Waals surface area contributed by atoms with E-state index in [1.54, 1.807) is 6.20 Å². The predicted octanol–water partition coefficient (Wildman–Crippen LogP) is 2.09. The zero-order chi connectivity index (χ0) is 20.6. The molecule has 3 aromatic rings. The number of nitrogens with zero attached hydrogens (tertiary/aromatic N) is 6. The normalized spacial score (nSPS) is 18.8. The second kappa shape index (κ2) is 7.54. The molecular weight excluding hydrogens is 382 g/mol. The molecule has 0 unspecified atom stereocenters. The highest BCUT2D eigenvalue weighted by Gasteiger charge is 2.47. The maximum absolute atomic E-state index is 12.7. The van der Waals surface area contributed by atoms with E-state index in [2.05, 4.69) is 26.1 Å². The lowest BCUT2D eigenvalue weighted by atomic mass is 9.85. The van der Waals surface area contributed by atoms with Gasteiger partial charge in [-0.2, -0.15) is 10.4 Å². The van der Waals surface area contributed by atoms with Gasteiger partial charge in [-0.15, -0.1) is 0 Å². The van der Waals surface area contributed by atoms with Crippen molar-refractivity contribution in [2.75, 3.05) is 26.3 Å². The standard InChI is InChI=1S/C21H23N7O2/c22-5-4-21(12-27(13-21)18(29)9-15-2-7-30-8-3-15)28-11-16(10-26-28)19-17-1-6-23-20(17)25-14-24-19/h1,6,10-11,14-15H,2-4,7-9,12-13H2,(H,23,24,25). The largest absolute Gasteiger partial charge is 0.381 e. The van der Waals surface area contributed by atoms with E-state index in [0.717, 1.165) is 48.3 Å². The average Bonchev–Trinajstić information content (AvgIpc) is 3.40. The molecule has 0 bridgehead atoms. The number of H-pyrrole nitrogens is 1. The Morgan fingerprint density at radius 2 is 2.17 bits per heavy atom. The van der Waals surface area contributed by atoms with Gasteiger partial charge in [0.15, 0.2) is 0 Å². The van der Waals surface area contributed by atoms with E-state index in [0.29, 0.717) is 31.8 Å². The van der Waals surface area contributed by atoms with E-state index < -0.39 is 5.54 Å². The average molecular weight is 405 g/mol. The molecule has 30 heavy (non-hydrogen) atoms. The number of carbonyl (C=O) groups excluding carboxylic acids is 1. The molecule has 0 spiro atoms. The third-order valence-electron chi connectivity index (χ3n) is 6.23. The summed E-state index contributed by atoms with van der Waals surface area (Å²) in [5, 5.41) is 14.9. The Morgan fingerprint density at radius 3 is 2.97 bits per heavy atom. The second-order valence-corrected chi connectivity index (χ2v) is 8.20. The lowest BCUT2D eigenvalue weighted by molar-refractivity contribution is -0.144. The van der Waals surface area contributed by atoms with Gasteiger partial charge < -0.3 is 14.6 Å². The van der Waals surface area contributed by atoms with Crippen molar-refractivity contribution in [1.29, 1.82) is 5.26 Å². The molecule has 2 aliphatic rings. The molecule has 2 aliphatic heterocycles. The molecule has 0 atom stereocenters. The van der Waals surface area contributed by atoms with Crippen molar-refractivity contribution < 1.29 is 9.53 Å². The number of rotatable bonds is 5. The monoisotopic (exact) mass is 405 g/mol. The number of ether oxygens (including phenoxy) is 1. The molecule has 0 aromatic carbocycles. The molecule has 0 aliphatic carbocycles. The van der Waals surface area contributed by atoms with Gasteiger partial charge in [-0.3, -0.25) is 9.48 Å². The van der Waals surface area contributed by atoms with Crippen LogP contribution in [0.5, 0.6) is 0 Å². The van der Waals surface area contributed by atoms with Crippen LogP contribution in [0.3, 0.4) is 0 Å². The number of hydrogen-bond donors (Lipinski definition) is 1. The lowest BCUT2D eigenvalue weighted by Gasteiger charge is -2.49. The fraction of sp³-hybridized carbons (Fsp3) is 0.476. The van der Waals surface area contributed by atoms with Crippen LogP contribution in [0.4, 0.5) is 0 Å². The molecule has 5 rings (SSSR count). The Balaban J connectivity index is 1.33. The third-order valence-corrected chi connectivity index (χ3v) is 6.23. The van der Waals surface area contributed by atoms with Gasteiger partial charge in [-0.1, -0.05) is 0 Å². The first-order chi connectivity index (χ1) is 14.7. The van der Waals surface area contributed by atoms with Crippen LogP contribution in [0.2, 0.25) is 0 Å². The molecule has 1 N–H and O–H groups in total. The highest BCUT2D eigenvalue weighted by molar-refractivity contribution is 5.90. The van der Waals surface area contributed by atoms with Gasteiger partial charge in [0.25, 0.3) is 0 Å². The molecule has 9 heteroatoms. The van der Waals surface area contributed by atoms with Crippen LogP contribution < -0.4 is 0 Å². The molecule has 9 nitrogen and oxygen atoms in total. The maximum atomic E-state index is 12.7. The summed E-state index contributed by atoms with van der Waals surface area (Å²) in [6.45, 7) is 2.49. The molecule has 0 saturated carbocycles. The molecule has 1 amide bonds. The summed E-state index contributed by atoms with van der Waals surface area (Å²) in [5.74, 6) is 0.558. The van der Waals surface area contributed by atoms with Crippen molar-refractivity contribution in [3.8, 4) is 17.3 Å². The zero-order valence-electron chi connectivity index (χ0n) is 16.6. The number of carbonyl (C=O) groups is 1. The van der Waals surface area contributed by atoms with Crippen LogP contribution in [0.25, 0.3) is 22.3 Å². The van der Waals surface area contributed by atoms with Gasteiger partial charge in [0.2, 0.25) is 5.91 Å². The van der Waals surface area contributed by atoms with Crippen molar-refractivity contribution in [2.24, 2.45) is 5.92 Å². The van der Waals surface area contributed by atoms with Crippen molar-refractivity contribution in [1.82, 2.24) is 29.6 Å². The van der Waals surface area contributed by atoms with E-state index in [1.807, 2.05) is 28.0 Å². The van der Waals surface area contributed by atoms with E-state index >= 15 is 0 Å². The van der Waals surface area contributed by atoms with Crippen LogP contribution in [0, 0.1) is 17.2 Å². The summed E-state index contributed by atoms with van der Waals surface area (Å²) < 4.78 is 7.22. The number of aromatic amines is 1. The number of fused-ring (bicyclic) bond motifs is 1. The summed E-state index contributed by atoms with van der Waals surface area (Å²) >= 11 is 0. The third kappa shape index (κ3) is 3.23. The minimum atomic E-state index is -0.484. The van der Waals surface area contributed by atoms with E-state index in [-0.39, 0.29) is 5.91 Å². The summed E-state index contributed by atoms with van der Waals surface area (Å²) in [6, 6.07) is 4.22. The smallest absolute Gasteiger partial charge is 0.223 e. The Bertz CT molecular complexity index is 1100. The minimum absolute atomic E-state index is 0.160. The van der Waals surface area contributed by atoms with Gasteiger partial charge in [0.1, 0.15) is 17.5 Å². The molecular formula is C21H23N7O2. The summed E-state index contributed by atoms with van der Waals surface area (Å²) in [7, 11) is 0. The number of aromatic nitrogens is 5. The van der Waals surface area contributed by atoms with Gasteiger partial charge in [-0.25, -0.2) is 9.97 Å². The first-order valence-electron chi connectivity index (χ1n) is 10.2. The fourth-order valence-corrected chi connectivity index (χ4v) is 4.46. The van der Waals surface area contributed by atoms with Gasteiger partial charge in [0.05, 0.1) is 24.4 Å². The number of nitrogens with one attached hydrogen (secondary N) is 1. The van der Waals surface area contributed by atoms with E-state index in [4.69, 9.17) is 4.74 Å². The Labute approximate surface area is 173 Å². The summed E-state index contributed by atoms with van der Waals surface area (Å²) in [5.41, 5.74) is 1.95. The van der Waals surface area contributed by atoms with Crippen LogP contribution in [-0.4, -0.2) is 61.8 Å². The highest BCUT2D eigenvalue weighted by atomic mass is 16.5. The maximum Gasteiger partial charge on any atom is 0.223 e. The van der Waals surface area contributed by atoms with Crippen LogP contribution in [0.15, 0.2) is 31.0 Å². The molecule has 5 heterocycles. The lowest BCUT2D eigenvalue weighted by Crippen LogP contribution is -2.64. The summed E-state index contributed by atoms with van der Waals surface area (Å²) in [6.07, 6.45) is 9.79. The topological polar surface area (TPSA) is 113 Å². The Hall–Kier alpha value is -3.25. The molecule has 2 fully saturated rings. The molecule has 2 saturated heterocycles. The van der Waals surface area contributed by atoms with Crippen molar-refractivity contribution >= 4 is 16.9 Å². The minimum Gasteiger partial charge on any atom is -0.381 e. The number of nitriles is 1. The molecule has 3 aromatic heterocycles. The van der Waals surface area contributed by atoms with Crippen molar-refractivity contribution in [2.45, 2.75) is 31.2 Å². The van der Waals surface area contributed by atoms with Gasteiger partial charge in [0, 0.05) is 56.1 Å². The first kappa shape index (κ1) is 18.8. The van der Waals surface area contributed by atoms with Gasteiger partial charge >= 0.3 is 0 Å². The summed E-state index contributed by atoms with van der Waals surface area (Å²) in [4.78, 5) is 26.3. The Morgan fingerprint density at radius 1 is 1.33 bits per heavy atom. The Kier molecular flexibility index (Phi) is 4.71. The van der Waals surface area contributed by atoms with Crippen molar-refractivity contribution in [3.63, 3.8) is 0 Å². The first-order valence-corrected chi connectivity index (χ1v) is 10.2. The van der Waals surface area contributed by atoms with E-state index in [9.17, 15) is 10.1 Å². The van der Waals surface area contributed by atoms with E-state index in [1.165, 1.54) is 6.33 Å². The molecule has 0 radical (unpaired) electrons. The highest BCUT2D eigenvalue weighted by Crippen LogP contribution is 2.35. The number of amides is 1. The predicted molar refractivity (Wildman–Crippen MR) is 108 cm³/mol. The van der Waals surface area contributed by atoms with Crippen LogP contribution in [-0.2, 0) is 15.1 Å². The number of hydrogen-bond acceptors (Lipinski definition) is 6. The number of likely N-dealkylation sites (tertiary alicyclic amines) is 1. The van der Waals surface area contributed by atoms with Gasteiger partial charge in [-0.05, 0) is 24.8 Å². The zero-order valence-corrected chi connectivity index (χ0v) is 16.6. The fourth-order valence-electron chi connectivity index (χ4n) is 4.46.